The molecule has 0 amide bonds. The molecule has 0 bridgehead atoms. The summed E-state index contributed by atoms with van der Waals surface area (Å²) in [5, 5.41) is 9.56. The summed E-state index contributed by atoms with van der Waals surface area (Å²) in [4.78, 5) is 11.1. The second-order valence-corrected chi connectivity index (χ2v) is 3.54. The third-order valence-corrected chi connectivity index (χ3v) is 2.48. The van der Waals surface area contributed by atoms with Gasteiger partial charge in [-0.1, -0.05) is 12.5 Å². The van der Waals surface area contributed by atoms with Crippen LogP contribution < -0.4 is 0 Å². The summed E-state index contributed by atoms with van der Waals surface area (Å²) in [7, 11) is 0. The molecule has 0 aromatic rings. The zero-order valence-electron chi connectivity index (χ0n) is 9.10. The lowest BCUT2D eigenvalue weighted by molar-refractivity contribution is 0.0299. The van der Waals surface area contributed by atoms with Crippen molar-refractivity contribution in [2.75, 3.05) is 0 Å². The summed E-state index contributed by atoms with van der Waals surface area (Å²) in [5.41, 5.74) is 1.46. The molecule has 2 atom stereocenters. The second kappa shape index (κ2) is 5.38. The quantitative estimate of drug-likeness (QED) is 0.439. The van der Waals surface area contributed by atoms with Gasteiger partial charge in [0.05, 0.1) is 12.4 Å². The van der Waals surface area contributed by atoms with Crippen LogP contribution in [0.15, 0.2) is 24.0 Å². The van der Waals surface area contributed by atoms with E-state index >= 15 is 0 Å². The van der Waals surface area contributed by atoms with E-state index in [0.29, 0.717) is 18.4 Å². The molecule has 0 spiro atoms. The molecule has 16 heavy (non-hydrogen) atoms. The molecule has 0 heterocycles. The Morgan fingerprint density at radius 3 is 3.00 bits per heavy atom. The predicted molar refractivity (Wildman–Crippen MR) is 58.3 cm³/mol. The van der Waals surface area contributed by atoms with Crippen LogP contribution in [0.2, 0.25) is 0 Å². The predicted octanol–water partition coefficient (Wildman–Crippen LogP) is 1.76. The molecule has 1 N–H and O–H groups in total. The summed E-state index contributed by atoms with van der Waals surface area (Å²) >= 11 is 0. The third-order valence-electron chi connectivity index (χ3n) is 2.48. The number of rotatable bonds is 2. The van der Waals surface area contributed by atoms with E-state index in [9.17, 15) is 9.90 Å². The number of terminal acetylenes is 1. The Kier molecular flexibility index (Phi) is 4.15. The zero-order chi connectivity index (χ0) is 12.1. The van der Waals surface area contributed by atoms with Crippen LogP contribution in [0.1, 0.15) is 19.8 Å². The summed E-state index contributed by atoms with van der Waals surface area (Å²) in [6, 6.07) is 0. The first-order valence-electron chi connectivity index (χ1n) is 4.91. The summed E-state index contributed by atoms with van der Waals surface area (Å²) in [6.07, 6.45) is 5.10. The van der Waals surface area contributed by atoms with Crippen molar-refractivity contribution in [3.8, 4) is 12.3 Å². The van der Waals surface area contributed by atoms with E-state index in [2.05, 4.69) is 17.2 Å². The molecule has 1 rings (SSSR count). The van der Waals surface area contributed by atoms with E-state index in [-0.39, 0.29) is 0 Å². The number of aliphatic hydroxyl groups excluding tert-OH is 1. The van der Waals surface area contributed by atoms with E-state index in [1.807, 2.05) is 0 Å². The first-order chi connectivity index (χ1) is 7.58. The lowest BCUT2D eigenvalue weighted by Crippen LogP contribution is -2.30. The molecule has 1 aliphatic rings. The Hall–Kier alpha value is -1.73. The van der Waals surface area contributed by atoms with Gasteiger partial charge < -0.3 is 14.6 Å². The maximum absolute atomic E-state index is 11.1. The maximum Gasteiger partial charge on any atom is 0.513 e. The molecule has 0 fully saturated rings. The molecule has 1 aliphatic carbocycles. The number of ether oxygens (including phenoxy) is 2. The molecular formula is C12H14O4. The van der Waals surface area contributed by atoms with Gasteiger partial charge in [-0.3, -0.25) is 0 Å². The maximum atomic E-state index is 11.1. The van der Waals surface area contributed by atoms with Gasteiger partial charge in [0.25, 0.3) is 0 Å². The van der Waals surface area contributed by atoms with Gasteiger partial charge in [-0.25, -0.2) is 4.79 Å². The highest BCUT2D eigenvalue weighted by atomic mass is 16.7. The number of aliphatic hydroxyl groups is 1. The average molecular weight is 222 g/mol. The van der Waals surface area contributed by atoms with Crippen molar-refractivity contribution in [1.29, 1.82) is 0 Å². The highest BCUT2D eigenvalue weighted by Crippen LogP contribution is 2.27. The first-order valence-corrected chi connectivity index (χ1v) is 4.91. The van der Waals surface area contributed by atoms with Crippen molar-refractivity contribution in [2.45, 2.75) is 32.0 Å². The van der Waals surface area contributed by atoms with Gasteiger partial charge in [0.2, 0.25) is 0 Å². The fraction of sp³-hybridized carbons (Fsp3) is 0.417. The van der Waals surface area contributed by atoms with Crippen molar-refractivity contribution < 1.29 is 19.4 Å². The van der Waals surface area contributed by atoms with Crippen LogP contribution in [0, 0.1) is 12.3 Å². The minimum absolute atomic E-state index is 0.337. The Balaban J connectivity index is 2.76. The molecule has 0 aromatic carbocycles. The Bertz CT molecular complexity index is 362. The highest BCUT2D eigenvalue weighted by molar-refractivity contribution is 5.61. The molecule has 0 saturated carbocycles. The van der Waals surface area contributed by atoms with Gasteiger partial charge in [-0.05, 0) is 12.5 Å². The van der Waals surface area contributed by atoms with Crippen molar-refractivity contribution in [3.05, 3.63) is 24.0 Å². The van der Waals surface area contributed by atoms with Crippen molar-refractivity contribution in [2.24, 2.45) is 0 Å². The normalized spacial score (nSPS) is 24.6. The minimum Gasteiger partial charge on any atom is -0.426 e. The van der Waals surface area contributed by atoms with E-state index in [0.717, 1.165) is 11.8 Å². The lowest BCUT2D eigenvalue weighted by Gasteiger charge is -2.27. The van der Waals surface area contributed by atoms with Crippen LogP contribution in [0.3, 0.4) is 0 Å². The highest BCUT2D eigenvalue weighted by Gasteiger charge is 2.28. The van der Waals surface area contributed by atoms with Crippen molar-refractivity contribution >= 4 is 6.16 Å². The average Bonchev–Trinajstić information content (AvgIpc) is 2.23. The van der Waals surface area contributed by atoms with E-state index in [1.54, 1.807) is 6.92 Å². The Labute approximate surface area is 94.6 Å². The minimum atomic E-state index is -0.843. The topological polar surface area (TPSA) is 55.8 Å². The standard InChI is InChI=1S/C12H14O4/c1-4-9-6-10(13)7-11(8(9)3)16-12(14)15-5-2/h1,5,10-11,13H,2,6-7H2,3H3/t10-,11-/m1/s1. The summed E-state index contributed by atoms with van der Waals surface area (Å²) in [5.74, 6) is 2.49. The lowest BCUT2D eigenvalue weighted by atomic mass is 9.89. The second-order valence-electron chi connectivity index (χ2n) is 3.54. The largest absolute Gasteiger partial charge is 0.513 e. The smallest absolute Gasteiger partial charge is 0.426 e. The molecule has 0 radical (unpaired) electrons. The van der Waals surface area contributed by atoms with Crippen LogP contribution in [-0.2, 0) is 9.47 Å². The summed E-state index contributed by atoms with van der Waals surface area (Å²) in [6.45, 7) is 5.03. The van der Waals surface area contributed by atoms with E-state index in [4.69, 9.17) is 11.2 Å². The fourth-order valence-corrected chi connectivity index (χ4v) is 1.62. The molecule has 0 unspecified atom stereocenters. The van der Waals surface area contributed by atoms with Crippen LogP contribution in [-0.4, -0.2) is 23.5 Å². The number of carbonyl (C=O) groups is 1. The number of hydrogen-bond donors (Lipinski definition) is 1. The van der Waals surface area contributed by atoms with E-state index in [1.165, 1.54) is 0 Å². The Morgan fingerprint density at radius 1 is 1.75 bits per heavy atom. The third kappa shape index (κ3) is 2.88. The molecule has 4 nitrogen and oxygen atoms in total. The molecule has 0 aliphatic heterocycles. The monoisotopic (exact) mass is 222 g/mol. The number of carbonyl (C=O) groups excluding carboxylic acids is 1. The Morgan fingerprint density at radius 2 is 2.44 bits per heavy atom. The van der Waals surface area contributed by atoms with Gasteiger partial charge in [0.1, 0.15) is 6.10 Å². The molecular weight excluding hydrogens is 208 g/mol. The summed E-state index contributed by atoms with van der Waals surface area (Å²) < 4.78 is 9.44. The molecule has 4 heteroatoms. The SMILES string of the molecule is C#CC1=C(C)[C@H](OC(=O)OC=C)C[C@H](O)C1. The van der Waals surface area contributed by atoms with Crippen LogP contribution in [0.4, 0.5) is 4.79 Å². The molecule has 0 aromatic heterocycles. The molecule has 0 saturated heterocycles. The van der Waals surface area contributed by atoms with Crippen LogP contribution >= 0.6 is 0 Å². The molecule has 86 valence electrons. The van der Waals surface area contributed by atoms with Gasteiger partial charge in [-0.2, -0.15) is 0 Å². The van der Waals surface area contributed by atoms with Gasteiger partial charge in [0, 0.05) is 18.4 Å². The number of hydrogen-bond acceptors (Lipinski definition) is 4. The van der Waals surface area contributed by atoms with E-state index < -0.39 is 18.4 Å². The first kappa shape index (κ1) is 12.3. The van der Waals surface area contributed by atoms with Gasteiger partial charge in [0.15, 0.2) is 0 Å². The van der Waals surface area contributed by atoms with Crippen LogP contribution in [0.25, 0.3) is 0 Å². The van der Waals surface area contributed by atoms with Crippen molar-refractivity contribution in [1.82, 2.24) is 0 Å². The van der Waals surface area contributed by atoms with Gasteiger partial charge in [-0.15, -0.1) is 6.42 Å². The van der Waals surface area contributed by atoms with Crippen LogP contribution in [0.5, 0.6) is 0 Å². The fourth-order valence-electron chi connectivity index (χ4n) is 1.62. The van der Waals surface area contributed by atoms with Crippen molar-refractivity contribution in [3.63, 3.8) is 0 Å². The zero-order valence-corrected chi connectivity index (χ0v) is 9.10. The van der Waals surface area contributed by atoms with Gasteiger partial charge >= 0.3 is 6.16 Å².